The molecule has 1 heterocycles. The first-order valence-corrected chi connectivity index (χ1v) is 10.5. The average Bonchev–Trinajstić information content (AvgIpc) is 2.81. The Hall–Kier alpha value is -4.11. The smallest absolute Gasteiger partial charge is 0.416 e. The summed E-state index contributed by atoms with van der Waals surface area (Å²) in [5.74, 6) is -1.82. The molecular weight excluding hydrogens is 485 g/mol. The molecule has 178 valence electrons. The molecule has 1 N–H and O–H groups in total. The maximum atomic E-state index is 13.3. The lowest BCUT2D eigenvalue weighted by Gasteiger charge is -2.27. The second-order valence-corrected chi connectivity index (χ2v) is 7.83. The number of nitrogens with one attached hydrogen (secondary N) is 1. The summed E-state index contributed by atoms with van der Waals surface area (Å²) in [5, 5.41) is 3.13. The van der Waals surface area contributed by atoms with E-state index in [0.29, 0.717) is 27.7 Å². The van der Waals surface area contributed by atoms with Gasteiger partial charge in [-0.2, -0.15) is 13.2 Å². The topological polar surface area (TPSA) is 75.7 Å². The van der Waals surface area contributed by atoms with E-state index in [4.69, 9.17) is 16.3 Å². The number of hydrogen-bond donors (Lipinski definition) is 1. The van der Waals surface area contributed by atoms with Crippen molar-refractivity contribution in [1.82, 2.24) is 5.32 Å². The normalized spacial score (nSPS) is 15.5. The van der Waals surface area contributed by atoms with Crippen LogP contribution in [0.25, 0.3) is 16.8 Å². The molecule has 0 aliphatic carbocycles. The number of carbonyl (C=O) groups excluding carboxylic acids is 3. The van der Waals surface area contributed by atoms with Crippen molar-refractivity contribution in [3.63, 3.8) is 0 Å². The lowest BCUT2D eigenvalue weighted by molar-refractivity contribution is -0.137. The van der Waals surface area contributed by atoms with Gasteiger partial charge in [0.05, 0.1) is 16.3 Å². The van der Waals surface area contributed by atoms with Gasteiger partial charge in [-0.15, -0.1) is 0 Å². The third-order valence-electron chi connectivity index (χ3n) is 5.19. The maximum absolute atomic E-state index is 13.3. The quantitative estimate of drug-likeness (QED) is 0.275. The van der Waals surface area contributed by atoms with Crippen molar-refractivity contribution in [3.05, 3.63) is 89.0 Å². The summed E-state index contributed by atoms with van der Waals surface area (Å²) in [6, 6.07) is 11.6. The molecular formula is C25H16ClF3N2O4. The molecule has 0 bridgehead atoms. The Bertz CT molecular complexity index is 1420. The van der Waals surface area contributed by atoms with E-state index in [0.717, 1.165) is 17.5 Å². The van der Waals surface area contributed by atoms with Gasteiger partial charge >= 0.3 is 12.2 Å². The summed E-state index contributed by atoms with van der Waals surface area (Å²) in [4.78, 5) is 38.9. The molecule has 3 aromatic rings. The minimum Gasteiger partial charge on any atom is -0.489 e. The van der Waals surface area contributed by atoms with E-state index in [9.17, 15) is 27.6 Å². The van der Waals surface area contributed by atoms with Crippen LogP contribution >= 0.6 is 11.6 Å². The van der Waals surface area contributed by atoms with Crippen LogP contribution in [0.3, 0.4) is 0 Å². The number of barbiturate groups is 1. The fourth-order valence-corrected chi connectivity index (χ4v) is 3.78. The zero-order chi connectivity index (χ0) is 25.3. The molecule has 35 heavy (non-hydrogen) atoms. The standard InChI is InChI=1S/C25H16ClF3N2O4/c1-2-11-35-21-10-7-14-5-3-4-6-16(14)17(21)13-18-22(32)30-24(34)31(23(18)33)20-12-15(25(27,28)29)8-9-19(20)26/h2-10,12-13H,1,11H2,(H,30,32,34)/b18-13-. The van der Waals surface area contributed by atoms with E-state index < -0.39 is 40.8 Å². The van der Waals surface area contributed by atoms with Gasteiger partial charge in [-0.1, -0.05) is 54.6 Å². The fourth-order valence-electron chi connectivity index (χ4n) is 3.58. The van der Waals surface area contributed by atoms with Crippen LogP contribution in [0.1, 0.15) is 11.1 Å². The highest BCUT2D eigenvalue weighted by Crippen LogP contribution is 2.37. The van der Waals surface area contributed by atoms with Crippen molar-refractivity contribution in [2.75, 3.05) is 11.5 Å². The van der Waals surface area contributed by atoms with Crippen LogP contribution in [0, 0.1) is 0 Å². The molecule has 0 atom stereocenters. The minimum atomic E-state index is -4.75. The van der Waals surface area contributed by atoms with Crippen molar-refractivity contribution in [3.8, 4) is 5.75 Å². The van der Waals surface area contributed by atoms with Crippen molar-refractivity contribution in [2.24, 2.45) is 0 Å². The van der Waals surface area contributed by atoms with Gasteiger partial charge in [-0.05, 0) is 41.1 Å². The fraction of sp³-hybridized carbons (Fsp3) is 0.0800. The van der Waals surface area contributed by atoms with E-state index >= 15 is 0 Å². The second-order valence-electron chi connectivity index (χ2n) is 7.42. The number of nitrogens with zero attached hydrogens (tertiary/aromatic N) is 1. The molecule has 4 rings (SSSR count). The Balaban J connectivity index is 1.87. The number of anilines is 1. The van der Waals surface area contributed by atoms with E-state index in [2.05, 4.69) is 6.58 Å². The lowest BCUT2D eigenvalue weighted by Crippen LogP contribution is -2.54. The Morgan fingerprint density at radius 3 is 2.51 bits per heavy atom. The molecule has 4 amide bonds. The molecule has 0 spiro atoms. The van der Waals surface area contributed by atoms with Crippen LogP contribution in [0.15, 0.2) is 72.8 Å². The predicted octanol–water partition coefficient (Wildman–Crippen LogP) is 5.74. The van der Waals surface area contributed by atoms with Gasteiger partial charge in [0.25, 0.3) is 11.8 Å². The Kier molecular flexibility index (Phi) is 6.36. The molecule has 0 aromatic heterocycles. The summed E-state index contributed by atoms with van der Waals surface area (Å²) in [7, 11) is 0. The first-order valence-electron chi connectivity index (χ1n) is 10.2. The van der Waals surface area contributed by atoms with Crippen LogP contribution in [-0.2, 0) is 15.8 Å². The van der Waals surface area contributed by atoms with E-state index in [1.54, 1.807) is 30.3 Å². The number of halogens is 4. The minimum absolute atomic E-state index is 0.138. The Morgan fingerprint density at radius 2 is 1.80 bits per heavy atom. The number of imide groups is 2. The summed E-state index contributed by atoms with van der Waals surface area (Å²) >= 11 is 6.04. The summed E-state index contributed by atoms with van der Waals surface area (Å²) in [5.41, 5.74) is -1.75. The number of ether oxygens (including phenoxy) is 1. The van der Waals surface area contributed by atoms with Gasteiger partial charge in [-0.3, -0.25) is 14.9 Å². The SMILES string of the molecule is C=CCOc1ccc2ccccc2c1/C=C1/C(=O)NC(=O)N(c2cc(C(F)(F)F)ccc2Cl)C1=O. The van der Waals surface area contributed by atoms with E-state index in [1.165, 1.54) is 12.2 Å². The molecule has 1 aliphatic heterocycles. The van der Waals surface area contributed by atoms with Crippen LogP contribution in [0.2, 0.25) is 5.02 Å². The van der Waals surface area contributed by atoms with Crippen molar-refractivity contribution < 1.29 is 32.3 Å². The number of alkyl halides is 3. The number of urea groups is 1. The molecule has 3 aromatic carbocycles. The number of carbonyl (C=O) groups is 3. The van der Waals surface area contributed by atoms with Crippen LogP contribution in [0.5, 0.6) is 5.75 Å². The summed E-state index contributed by atoms with van der Waals surface area (Å²) < 4.78 is 45.4. The largest absolute Gasteiger partial charge is 0.489 e. The summed E-state index contributed by atoms with van der Waals surface area (Å²) in [6.07, 6.45) is -2.00. The monoisotopic (exact) mass is 500 g/mol. The van der Waals surface area contributed by atoms with Gasteiger partial charge in [0.15, 0.2) is 0 Å². The predicted molar refractivity (Wildman–Crippen MR) is 125 cm³/mol. The van der Waals surface area contributed by atoms with E-state index in [1.807, 2.05) is 11.4 Å². The van der Waals surface area contributed by atoms with Gasteiger partial charge in [0.1, 0.15) is 17.9 Å². The van der Waals surface area contributed by atoms with Crippen LogP contribution in [0.4, 0.5) is 23.7 Å². The first kappa shape index (κ1) is 24.0. The highest BCUT2D eigenvalue weighted by Gasteiger charge is 2.39. The Morgan fingerprint density at radius 1 is 1.06 bits per heavy atom. The highest BCUT2D eigenvalue weighted by atomic mass is 35.5. The number of rotatable bonds is 5. The van der Waals surface area contributed by atoms with Gasteiger partial charge in [0.2, 0.25) is 0 Å². The molecule has 1 saturated heterocycles. The molecule has 0 saturated carbocycles. The third kappa shape index (κ3) is 4.63. The molecule has 1 fully saturated rings. The van der Waals surface area contributed by atoms with Gasteiger partial charge < -0.3 is 4.74 Å². The number of amides is 4. The third-order valence-corrected chi connectivity index (χ3v) is 5.51. The Labute approximate surface area is 202 Å². The lowest BCUT2D eigenvalue weighted by atomic mass is 9.99. The molecule has 6 nitrogen and oxygen atoms in total. The van der Waals surface area contributed by atoms with Gasteiger partial charge in [0, 0.05) is 5.56 Å². The summed E-state index contributed by atoms with van der Waals surface area (Å²) in [6.45, 7) is 3.73. The van der Waals surface area contributed by atoms with Crippen LogP contribution in [-0.4, -0.2) is 24.5 Å². The van der Waals surface area contributed by atoms with Crippen LogP contribution < -0.4 is 15.0 Å². The van der Waals surface area contributed by atoms with Gasteiger partial charge in [-0.25, -0.2) is 9.69 Å². The second kappa shape index (κ2) is 9.27. The molecule has 0 unspecified atom stereocenters. The number of hydrogen-bond acceptors (Lipinski definition) is 4. The average molecular weight is 501 g/mol. The number of benzene rings is 3. The van der Waals surface area contributed by atoms with Crippen molar-refractivity contribution >= 4 is 52.0 Å². The van der Waals surface area contributed by atoms with Crippen molar-refractivity contribution in [1.29, 1.82) is 0 Å². The molecule has 0 radical (unpaired) electrons. The molecule has 1 aliphatic rings. The highest BCUT2D eigenvalue weighted by molar-refractivity contribution is 6.42. The van der Waals surface area contributed by atoms with Crippen molar-refractivity contribution in [2.45, 2.75) is 6.18 Å². The maximum Gasteiger partial charge on any atom is 0.416 e. The van der Waals surface area contributed by atoms with E-state index in [-0.39, 0.29) is 11.6 Å². The zero-order valence-electron chi connectivity index (χ0n) is 17.9. The number of fused-ring (bicyclic) bond motifs is 1. The molecule has 10 heteroatoms. The zero-order valence-corrected chi connectivity index (χ0v) is 18.6. The first-order chi connectivity index (χ1) is 16.6.